The van der Waals surface area contributed by atoms with E-state index in [0.717, 1.165) is 0 Å². The van der Waals surface area contributed by atoms with E-state index in [2.05, 4.69) is 4.98 Å². The van der Waals surface area contributed by atoms with Crippen molar-refractivity contribution in [2.75, 3.05) is 18.0 Å². The van der Waals surface area contributed by atoms with Crippen molar-refractivity contribution in [2.45, 2.75) is 18.9 Å². The lowest BCUT2D eigenvalue weighted by atomic mass is 9.91. The van der Waals surface area contributed by atoms with Crippen LogP contribution in [0.1, 0.15) is 13.3 Å². The van der Waals surface area contributed by atoms with Gasteiger partial charge in [0.2, 0.25) is 0 Å². The summed E-state index contributed by atoms with van der Waals surface area (Å²) in [5.74, 6) is 0.0104. The molecule has 1 fully saturated rings. The first-order chi connectivity index (χ1) is 6.64. The SMILES string of the molecule is CCC1(O)CN(c2ncccc2F)C1. The number of aliphatic hydroxyl groups is 1. The summed E-state index contributed by atoms with van der Waals surface area (Å²) >= 11 is 0. The molecule has 0 unspecified atom stereocenters. The molecule has 2 rings (SSSR count). The van der Waals surface area contributed by atoms with Crippen LogP contribution >= 0.6 is 0 Å². The zero-order valence-electron chi connectivity index (χ0n) is 8.07. The van der Waals surface area contributed by atoms with Gasteiger partial charge in [-0.25, -0.2) is 9.37 Å². The Morgan fingerprint density at radius 3 is 2.93 bits per heavy atom. The van der Waals surface area contributed by atoms with Gasteiger partial charge in [0.05, 0.1) is 18.7 Å². The highest BCUT2D eigenvalue weighted by atomic mass is 19.1. The summed E-state index contributed by atoms with van der Waals surface area (Å²) in [5, 5.41) is 9.75. The van der Waals surface area contributed by atoms with Crippen LogP contribution in [0.15, 0.2) is 18.3 Å². The van der Waals surface area contributed by atoms with E-state index in [9.17, 15) is 9.50 Å². The number of nitrogens with zero attached hydrogens (tertiary/aromatic N) is 2. The second kappa shape index (κ2) is 3.20. The van der Waals surface area contributed by atoms with Gasteiger partial charge < -0.3 is 10.0 Å². The predicted octanol–water partition coefficient (Wildman–Crippen LogP) is 1.18. The number of aromatic nitrogens is 1. The van der Waals surface area contributed by atoms with E-state index in [0.29, 0.717) is 25.3 Å². The van der Waals surface area contributed by atoms with Crippen LogP contribution in [0.3, 0.4) is 0 Å². The van der Waals surface area contributed by atoms with Crippen molar-refractivity contribution in [2.24, 2.45) is 0 Å². The third-order valence-corrected chi connectivity index (χ3v) is 2.67. The minimum Gasteiger partial charge on any atom is -0.386 e. The van der Waals surface area contributed by atoms with Crippen LogP contribution < -0.4 is 4.90 Å². The Labute approximate surface area is 82.2 Å². The van der Waals surface area contributed by atoms with Crippen molar-refractivity contribution in [3.63, 3.8) is 0 Å². The van der Waals surface area contributed by atoms with Crippen LogP contribution in [0.5, 0.6) is 0 Å². The van der Waals surface area contributed by atoms with Crippen LogP contribution in [-0.2, 0) is 0 Å². The fourth-order valence-corrected chi connectivity index (χ4v) is 1.65. The molecule has 1 aliphatic heterocycles. The van der Waals surface area contributed by atoms with Crippen molar-refractivity contribution in [3.05, 3.63) is 24.1 Å². The van der Waals surface area contributed by atoms with Crippen LogP contribution in [-0.4, -0.2) is 28.8 Å². The number of halogens is 1. The molecular weight excluding hydrogens is 183 g/mol. The molecule has 4 heteroatoms. The lowest BCUT2D eigenvalue weighted by molar-refractivity contribution is 0.00769. The molecule has 0 amide bonds. The van der Waals surface area contributed by atoms with Crippen LogP contribution in [0.2, 0.25) is 0 Å². The largest absolute Gasteiger partial charge is 0.386 e. The Morgan fingerprint density at radius 1 is 1.64 bits per heavy atom. The maximum absolute atomic E-state index is 13.2. The second-order valence-corrected chi connectivity index (χ2v) is 3.74. The van der Waals surface area contributed by atoms with Gasteiger partial charge in [-0.3, -0.25) is 0 Å². The normalized spacial score (nSPS) is 19.2. The van der Waals surface area contributed by atoms with Crippen LogP contribution in [0.25, 0.3) is 0 Å². The minimum atomic E-state index is -0.649. The zero-order valence-corrected chi connectivity index (χ0v) is 8.07. The molecule has 1 aliphatic rings. The van der Waals surface area contributed by atoms with E-state index < -0.39 is 5.60 Å². The minimum absolute atomic E-state index is 0.328. The van der Waals surface area contributed by atoms with Gasteiger partial charge in [0.15, 0.2) is 11.6 Å². The molecule has 1 saturated heterocycles. The molecule has 2 heterocycles. The fourth-order valence-electron chi connectivity index (χ4n) is 1.65. The van der Waals surface area contributed by atoms with Gasteiger partial charge in [-0.2, -0.15) is 0 Å². The van der Waals surface area contributed by atoms with E-state index in [1.807, 2.05) is 6.92 Å². The van der Waals surface area contributed by atoms with Gasteiger partial charge in [-0.05, 0) is 18.6 Å². The Bertz CT molecular complexity index is 337. The van der Waals surface area contributed by atoms with Crippen LogP contribution in [0, 0.1) is 5.82 Å². The molecule has 0 spiro atoms. The van der Waals surface area contributed by atoms with E-state index in [4.69, 9.17) is 0 Å². The molecule has 76 valence electrons. The molecule has 0 bridgehead atoms. The average molecular weight is 196 g/mol. The van der Waals surface area contributed by atoms with E-state index >= 15 is 0 Å². The molecule has 0 radical (unpaired) electrons. The Kier molecular flexibility index (Phi) is 2.15. The van der Waals surface area contributed by atoms with Gasteiger partial charge in [-0.1, -0.05) is 6.92 Å². The molecule has 0 aromatic carbocycles. The maximum atomic E-state index is 13.2. The number of hydrogen-bond acceptors (Lipinski definition) is 3. The first kappa shape index (κ1) is 9.40. The summed E-state index contributed by atoms with van der Waals surface area (Å²) in [6.45, 7) is 2.86. The van der Waals surface area contributed by atoms with Crippen molar-refractivity contribution in [3.8, 4) is 0 Å². The number of β-amino-alcohol motifs (C(OH)–C–C–N with tert-alkyl or cyclic N) is 1. The van der Waals surface area contributed by atoms with Gasteiger partial charge in [-0.15, -0.1) is 0 Å². The molecule has 3 nitrogen and oxygen atoms in total. The molecule has 14 heavy (non-hydrogen) atoms. The topological polar surface area (TPSA) is 36.4 Å². The lowest BCUT2D eigenvalue weighted by Gasteiger charge is -2.46. The van der Waals surface area contributed by atoms with E-state index in [1.165, 1.54) is 6.07 Å². The fraction of sp³-hybridized carbons (Fsp3) is 0.500. The summed E-state index contributed by atoms with van der Waals surface area (Å²) in [7, 11) is 0. The molecule has 0 saturated carbocycles. The predicted molar refractivity (Wildman–Crippen MR) is 51.6 cm³/mol. The van der Waals surface area contributed by atoms with Crippen molar-refractivity contribution in [1.82, 2.24) is 4.98 Å². The first-order valence-corrected chi connectivity index (χ1v) is 4.72. The zero-order chi connectivity index (χ0) is 10.2. The standard InChI is InChI=1S/C10H13FN2O/c1-2-10(14)6-13(7-10)9-8(11)4-3-5-12-9/h3-5,14H,2,6-7H2,1H3. The molecule has 0 aliphatic carbocycles. The average Bonchev–Trinajstić information content (AvgIpc) is 2.14. The highest BCUT2D eigenvalue weighted by molar-refractivity contribution is 5.44. The molecule has 1 N–H and O–H groups in total. The van der Waals surface area contributed by atoms with Crippen molar-refractivity contribution >= 4 is 5.82 Å². The smallest absolute Gasteiger partial charge is 0.165 e. The Hall–Kier alpha value is -1.16. The van der Waals surface area contributed by atoms with E-state index in [-0.39, 0.29) is 5.82 Å². The monoisotopic (exact) mass is 196 g/mol. The summed E-state index contributed by atoms with van der Waals surface area (Å²) in [6.07, 6.45) is 2.25. The van der Waals surface area contributed by atoms with Gasteiger partial charge in [0.1, 0.15) is 0 Å². The molecular formula is C10H13FN2O. The Balaban J connectivity index is 2.10. The van der Waals surface area contributed by atoms with Gasteiger partial charge >= 0.3 is 0 Å². The number of rotatable bonds is 2. The van der Waals surface area contributed by atoms with Crippen molar-refractivity contribution in [1.29, 1.82) is 0 Å². The van der Waals surface area contributed by atoms with Crippen molar-refractivity contribution < 1.29 is 9.50 Å². The molecule has 1 aromatic heterocycles. The lowest BCUT2D eigenvalue weighted by Crippen LogP contribution is -2.62. The summed E-state index contributed by atoms with van der Waals surface area (Å²) in [6, 6.07) is 2.94. The highest BCUT2D eigenvalue weighted by Gasteiger charge is 2.40. The third-order valence-electron chi connectivity index (χ3n) is 2.67. The van der Waals surface area contributed by atoms with Gasteiger partial charge in [0, 0.05) is 6.20 Å². The van der Waals surface area contributed by atoms with Gasteiger partial charge in [0.25, 0.3) is 0 Å². The number of pyridine rings is 1. The summed E-state index contributed by atoms with van der Waals surface area (Å²) in [4.78, 5) is 5.69. The number of anilines is 1. The molecule has 0 atom stereocenters. The summed E-state index contributed by atoms with van der Waals surface area (Å²) < 4.78 is 13.2. The highest BCUT2D eigenvalue weighted by Crippen LogP contribution is 2.29. The Morgan fingerprint density at radius 2 is 2.36 bits per heavy atom. The van der Waals surface area contributed by atoms with Crippen LogP contribution in [0.4, 0.5) is 10.2 Å². The number of hydrogen-bond donors (Lipinski definition) is 1. The first-order valence-electron chi connectivity index (χ1n) is 4.72. The second-order valence-electron chi connectivity index (χ2n) is 3.74. The van der Waals surface area contributed by atoms with E-state index in [1.54, 1.807) is 17.2 Å². The summed E-state index contributed by atoms with van der Waals surface area (Å²) in [5.41, 5.74) is -0.649. The quantitative estimate of drug-likeness (QED) is 0.771. The third kappa shape index (κ3) is 1.46. The molecule has 1 aromatic rings. The maximum Gasteiger partial charge on any atom is 0.165 e.